The van der Waals surface area contributed by atoms with Crippen LogP contribution in [0, 0.1) is 12.8 Å². The number of amides is 2. The standard InChI is InChI=1S/C27H28N2O2/c1-21-9-8-14-25(17-21)29-20-24(18-26(29)30)27(31)28(19-23-12-6-3-7-13-23)16-15-22-10-4-2-5-11-22/h2-14,17,24H,15-16,18-20H2,1H3/t24-/m0/s1. The second-order valence-electron chi connectivity index (χ2n) is 8.23. The third kappa shape index (κ3) is 5.21. The maximum atomic E-state index is 13.5. The number of nitrogens with zero attached hydrogens (tertiary/aromatic N) is 2. The van der Waals surface area contributed by atoms with Crippen LogP contribution in [0.4, 0.5) is 5.69 Å². The van der Waals surface area contributed by atoms with Gasteiger partial charge in [0.15, 0.2) is 0 Å². The molecule has 4 rings (SSSR count). The fourth-order valence-electron chi connectivity index (χ4n) is 4.16. The molecule has 0 bridgehead atoms. The number of aryl methyl sites for hydroxylation is 1. The van der Waals surface area contributed by atoms with Crippen LogP contribution in [0.2, 0.25) is 0 Å². The molecule has 1 atom stereocenters. The van der Waals surface area contributed by atoms with Gasteiger partial charge in [-0.1, -0.05) is 72.8 Å². The van der Waals surface area contributed by atoms with Gasteiger partial charge in [0.2, 0.25) is 11.8 Å². The minimum atomic E-state index is -0.313. The first-order valence-corrected chi connectivity index (χ1v) is 10.8. The molecule has 158 valence electrons. The van der Waals surface area contributed by atoms with Crippen LogP contribution in [0.3, 0.4) is 0 Å². The van der Waals surface area contributed by atoms with Crippen molar-refractivity contribution in [3.63, 3.8) is 0 Å². The first-order valence-electron chi connectivity index (χ1n) is 10.8. The SMILES string of the molecule is Cc1cccc(N2C[C@@H](C(=O)N(CCc3ccccc3)Cc3ccccc3)CC2=O)c1. The Balaban J connectivity index is 1.50. The number of anilines is 1. The van der Waals surface area contributed by atoms with Crippen LogP contribution in [0.25, 0.3) is 0 Å². The summed E-state index contributed by atoms with van der Waals surface area (Å²) >= 11 is 0. The van der Waals surface area contributed by atoms with E-state index in [1.54, 1.807) is 4.90 Å². The van der Waals surface area contributed by atoms with Crippen LogP contribution in [0.15, 0.2) is 84.9 Å². The highest BCUT2D eigenvalue weighted by Crippen LogP contribution is 2.27. The van der Waals surface area contributed by atoms with Crippen molar-refractivity contribution in [2.24, 2.45) is 5.92 Å². The minimum Gasteiger partial charge on any atom is -0.338 e. The van der Waals surface area contributed by atoms with E-state index in [4.69, 9.17) is 0 Å². The van der Waals surface area contributed by atoms with Crippen LogP contribution < -0.4 is 4.90 Å². The van der Waals surface area contributed by atoms with Gasteiger partial charge in [-0.3, -0.25) is 9.59 Å². The van der Waals surface area contributed by atoms with Crippen LogP contribution in [-0.4, -0.2) is 29.8 Å². The number of hydrogen-bond acceptors (Lipinski definition) is 2. The molecule has 0 aromatic heterocycles. The van der Waals surface area contributed by atoms with Gasteiger partial charge in [-0.2, -0.15) is 0 Å². The molecule has 0 N–H and O–H groups in total. The van der Waals surface area contributed by atoms with E-state index >= 15 is 0 Å². The Bertz CT molecular complexity index is 1030. The van der Waals surface area contributed by atoms with Crippen molar-refractivity contribution in [2.75, 3.05) is 18.0 Å². The zero-order valence-electron chi connectivity index (χ0n) is 17.9. The van der Waals surface area contributed by atoms with Crippen molar-refractivity contribution in [3.8, 4) is 0 Å². The molecule has 0 saturated carbocycles. The van der Waals surface area contributed by atoms with Crippen LogP contribution in [0.1, 0.15) is 23.1 Å². The molecule has 31 heavy (non-hydrogen) atoms. The molecule has 4 nitrogen and oxygen atoms in total. The summed E-state index contributed by atoms with van der Waals surface area (Å²) < 4.78 is 0. The zero-order valence-corrected chi connectivity index (χ0v) is 17.9. The molecule has 1 fully saturated rings. The second kappa shape index (κ2) is 9.61. The number of carbonyl (C=O) groups excluding carboxylic acids is 2. The smallest absolute Gasteiger partial charge is 0.228 e. The van der Waals surface area contributed by atoms with Crippen LogP contribution >= 0.6 is 0 Å². The van der Waals surface area contributed by atoms with Gasteiger partial charge >= 0.3 is 0 Å². The van der Waals surface area contributed by atoms with Crippen LogP contribution in [0.5, 0.6) is 0 Å². The molecule has 3 aromatic rings. The predicted molar refractivity (Wildman–Crippen MR) is 124 cm³/mol. The van der Waals surface area contributed by atoms with Crippen LogP contribution in [-0.2, 0) is 22.6 Å². The Kier molecular flexibility index (Phi) is 6.46. The molecule has 0 spiro atoms. The van der Waals surface area contributed by atoms with E-state index in [9.17, 15) is 9.59 Å². The summed E-state index contributed by atoms with van der Waals surface area (Å²) in [6, 6.07) is 28.2. The normalized spacial score (nSPS) is 15.8. The van der Waals surface area contributed by atoms with Gasteiger partial charge in [0.05, 0.1) is 5.92 Å². The maximum Gasteiger partial charge on any atom is 0.228 e. The summed E-state index contributed by atoms with van der Waals surface area (Å²) in [7, 11) is 0. The lowest BCUT2D eigenvalue weighted by atomic mass is 10.1. The molecule has 2 amide bonds. The Labute approximate surface area is 184 Å². The van der Waals surface area contributed by atoms with Gasteiger partial charge < -0.3 is 9.80 Å². The molecule has 0 aliphatic carbocycles. The zero-order chi connectivity index (χ0) is 21.6. The fraction of sp³-hybridized carbons (Fsp3) is 0.259. The Morgan fingerprint density at radius 1 is 0.935 bits per heavy atom. The van der Waals surface area contributed by atoms with E-state index < -0.39 is 0 Å². The highest BCUT2D eigenvalue weighted by Gasteiger charge is 2.37. The van der Waals surface area contributed by atoms with E-state index in [0.29, 0.717) is 19.6 Å². The summed E-state index contributed by atoms with van der Waals surface area (Å²) in [5.74, 6) is -0.234. The van der Waals surface area contributed by atoms with Crippen molar-refractivity contribution < 1.29 is 9.59 Å². The average molecular weight is 413 g/mol. The molecule has 4 heteroatoms. The van der Waals surface area contributed by atoms with E-state index in [1.165, 1.54) is 5.56 Å². The molecule has 1 aliphatic heterocycles. The number of hydrogen-bond donors (Lipinski definition) is 0. The van der Waals surface area contributed by atoms with Crippen molar-refractivity contribution in [1.82, 2.24) is 4.90 Å². The van der Waals surface area contributed by atoms with E-state index in [2.05, 4.69) is 12.1 Å². The first-order chi connectivity index (χ1) is 15.1. The molecule has 0 radical (unpaired) electrons. The van der Waals surface area contributed by atoms with Crippen molar-refractivity contribution >= 4 is 17.5 Å². The molecule has 1 aliphatic rings. The third-order valence-electron chi connectivity index (χ3n) is 5.83. The Hall–Kier alpha value is -3.40. The lowest BCUT2D eigenvalue weighted by Gasteiger charge is -2.26. The number of carbonyl (C=O) groups is 2. The largest absolute Gasteiger partial charge is 0.338 e. The maximum absolute atomic E-state index is 13.5. The highest BCUT2D eigenvalue weighted by molar-refractivity contribution is 6.00. The van der Waals surface area contributed by atoms with Gasteiger partial charge in [0.1, 0.15) is 0 Å². The van der Waals surface area contributed by atoms with Crippen molar-refractivity contribution in [3.05, 3.63) is 102 Å². The Morgan fingerprint density at radius 2 is 1.61 bits per heavy atom. The van der Waals surface area contributed by atoms with Crippen molar-refractivity contribution in [2.45, 2.75) is 26.3 Å². The monoisotopic (exact) mass is 412 g/mol. The molecule has 1 heterocycles. The summed E-state index contributed by atoms with van der Waals surface area (Å²) in [5.41, 5.74) is 4.29. The molecule has 0 unspecified atom stereocenters. The van der Waals surface area contributed by atoms with Gasteiger partial charge in [0.25, 0.3) is 0 Å². The topological polar surface area (TPSA) is 40.6 Å². The Morgan fingerprint density at radius 3 is 2.29 bits per heavy atom. The lowest BCUT2D eigenvalue weighted by molar-refractivity contribution is -0.136. The van der Waals surface area contributed by atoms with Crippen molar-refractivity contribution in [1.29, 1.82) is 0 Å². The number of benzene rings is 3. The van der Waals surface area contributed by atoms with Gasteiger partial charge in [0, 0.05) is 31.7 Å². The molecular weight excluding hydrogens is 384 g/mol. The quantitative estimate of drug-likeness (QED) is 0.568. The molecule has 1 saturated heterocycles. The van der Waals surface area contributed by atoms with Gasteiger partial charge in [-0.15, -0.1) is 0 Å². The number of rotatable bonds is 7. The van der Waals surface area contributed by atoms with Gasteiger partial charge in [-0.25, -0.2) is 0 Å². The minimum absolute atomic E-state index is 0.0201. The van der Waals surface area contributed by atoms with E-state index in [-0.39, 0.29) is 24.2 Å². The summed E-state index contributed by atoms with van der Waals surface area (Å²) in [6.07, 6.45) is 1.06. The van der Waals surface area contributed by atoms with E-state index in [0.717, 1.165) is 23.2 Å². The van der Waals surface area contributed by atoms with Gasteiger partial charge in [-0.05, 0) is 42.2 Å². The summed E-state index contributed by atoms with van der Waals surface area (Å²) in [5, 5.41) is 0. The second-order valence-corrected chi connectivity index (χ2v) is 8.23. The predicted octanol–water partition coefficient (Wildman–Crippen LogP) is 4.62. The fourth-order valence-corrected chi connectivity index (χ4v) is 4.16. The first kappa shape index (κ1) is 20.9. The molecule has 3 aromatic carbocycles. The summed E-state index contributed by atoms with van der Waals surface area (Å²) in [6.45, 7) is 3.64. The highest BCUT2D eigenvalue weighted by atomic mass is 16.2. The lowest BCUT2D eigenvalue weighted by Crippen LogP contribution is -2.38. The summed E-state index contributed by atoms with van der Waals surface area (Å²) in [4.78, 5) is 29.9. The third-order valence-corrected chi connectivity index (χ3v) is 5.83. The average Bonchev–Trinajstić information content (AvgIpc) is 3.19. The van der Waals surface area contributed by atoms with E-state index in [1.807, 2.05) is 84.6 Å². The molecular formula is C27H28N2O2.